The minimum absolute atomic E-state index is 0.0296. The SMILES string of the molecule is CC(=O)NCCOCCOCCOCCOCCNC(=O)CCOCCO[C@]1(C(=O)O)C[C@H](O)[C@@H](NC(=O)CO)[C@H]([C@H](O)[C@H](O)CNC(=O)Cc2ccc(-c3ccccc3)cc2)O1. The number of aliphatic carboxylic acids is 1. The number of carbonyl (C=O) groups is 5. The molecule has 63 heavy (non-hydrogen) atoms. The van der Waals surface area contributed by atoms with Crippen molar-refractivity contribution in [1.29, 1.82) is 0 Å². The first-order valence-corrected chi connectivity index (χ1v) is 20.7. The molecule has 0 aliphatic carbocycles. The van der Waals surface area contributed by atoms with Crippen molar-refractivity contribution in [1.82, 2.24) is 21.3 Å². The van der Waals surface area contributed by atoms with Crippen molar-refractivity contribution in [3.05, 3.63) is 60.2 Å². The molecule has 1 heterocycles. The Morgan fingerprint density at radius 2 is 1.27 bits per heavy atom. The lowest BCUT2D eigenvalue weighted by Gasteiger charge is -2.46. The van der Waals surface area contributed by atoms with Crippen molar-refractivity contribution in [2.24, 2.45) is 0 Å². The number of hydrogen-bond acceptors (Lipinski definition) is 16. The summed E-state index contributed by atoms with van der Waals surface area (Å²) < 4.78 is 38.2. The van der Waals surface area contributed by atoms with Crippen LogP contribution in [0, 0.1) is 0 Å². The molecular formula is C42H62N4O17. The molecule has 21 nitrogen and oxygen atoms in total. The van der Waals surface area contributed by atoms with E-state index >= 15 is 0 Å². The van der Waals surface area contributed by atoms with Gasteiger partial charge in [0.15, 0.2) is 0 Å². The number of ether oxygens (including phenoxy) is 7. The first-order chi connectivity index (χ1) is 30.3. The zero-order valence-corrected chi connectivity index (χ0v) is 35.4. The van der Waals surface area contributed by atoms with Crippen LogP contribution in [0.2, 0.25) is 0 Å². The highest BCUT2D eigenvalue weighted by Crippen LogP contribution is 2.33. The van der Waals surface area contributed by atoms with Crippen molar-refractivity contribution in [2.75, 3.05) is 98.9 Å². The summed E-state index contributed by atoms with van der Waals surface area (Å²) in [5, 5.41) is 62.6. The number of rotatable bonds is 32. The van der Waals surface area contributed by atoms with Crippen LogP contribution in [0.5, 0.6) is 0 Å². The average molecular weight is 895 g/mol. The Balaban J connectivity index is 1.35. The molecule has 1 aliphatic rings. The fourth-order valence-electron chi connectivity index (χ4n) is 6.14. The van der Waals surface area contributed by atoms with Gasteiger partial charge >= 0.3 is 5.97 Å². The average Bonchev–Trinajstić information content (AvgIpc) is 3.27. The molecule has 1 fully saturated rings. The van der Waals surface area contributed by atoms with Crippen LogP contribution in [0.3, 0.4) is 0 Å². The highest BCUT2D eigenvalue weighted by atomic mass is 16.7. The molecule has 2 aromatic carbocycles. The fraction of sp³-hybridized carbons (Fsp3) is 0.595. The van der Waals surface area contributed by atoms with Gasteiger partial charge in [-0.1, -0.05) is 54.6 Å². The van der Waals surface area contributed by atoms with E-state index in [-0.39, 0.29) is 51.0 Å². The maximum Gasteiger partial charge on any atom is 0.364 e. The molecule has 1 saturated heterocycles. The van der Waals surface area contributed by atoms with Gasteiger partial charge in [0.25, 0.3) is 5.79 Å². The van der Waals surface area contributed by atoms with Gasteiger partial charge < -0.3 is 80.0 Å². The third-order valence-electron chi connectivity index (χ3n) is 9.38. The second kappa shape index (κ2) is 29.7. The lowest BCUT2D eigenvalue weighted by atomic mass is 9.88. The number of aliphatic hydroxyl groups is 4. The van der Waals surface area contributed by atoms with E-state index in [2.05, 4.69) is 21.3 Å². The zero-order valence-electron chi connectivity index (χ0n) is 35.4. The van der Waals surface area contributed by atoms with E-state index in [1.165, 1.54) is 6.92 Å². The van der Waals surface area contributed by atoms with Gasteiger partial charge in [-0.15, -0.1) is 0 Å². The van der Waals surface area contributed by atoms with Gasteiger partial charge in [0.05, 0.1) is 97.3 Å². The number of amides is 4. The summed E-state index contributed by atoms with van der Waals surface area (Å²) in [5.74, 6) is -6.18. The monoisotopic (exact) mass is 894 g/mol. The van der Waals surface area contributed by atoms with Gasteiger partial charge in [-0.05, 0) is 16.7 Å². The summed E-state index contributed by atoms with van der Waals surface area (Å²) in [5.41, 5.74) is 2.64. The lowest BCUT2D eigenvalue weighted by Crippen LogP contribution is -2.68. The summed E-state index contributed by atoms with van der Waals surface area (Å²) in [7, 11) is 0. The number of hydrogen-bond donors (Lipinski definition) is 9. The summed E-state index contributed by atoms with van der Waals surface area (Å²) in [6.45, 7) is 2.82. The van der Waals surface area contributed by atoms with Gasteiger partial charge in [0.1, 0.15) is 18.8 Å². The molecule has 6 atom stereocenters. The topological polar surface area (TPSA) is 299 Å². The summed E-state index contributed by atoms with van der Waals surface area (Å²) in [4.78, 5) is 60.3. The van der Waals surface area contributed by atoms with Gasteiger partial charge in [0, 0.05) is 39.4 Å². The summed E-state index contributed by atoms with van der Waals surface area (Å²) in [6, 6.07) is 15.4. The number of aliphatic hydroxyl groups excluding tert-OH is 4. The number of benzene rings is 2. The van der Waals surface area contributed by atoms with E-state index in [1.54, 1.807) is 12.1 Å². The number of carbonyl (C=O) groups excluding carboxylic acids is 4. The van der Waals surface area contributed by atoms with Crippen molar-refractivity contribution < 1.29 is 82.7 Å². The molecule has 352 valence electrons. The van der Waals surface area contributed by atoms with Crippen LogP contribution in [0.1, 0.15) is 25.3 Å². The highest BCUT2D eigenvalue weighted by molar-refractivity contribution is 5.79. The first kappa shape index (κ1) is 52.7. The van der Waals surface area contributed by atoms with E-state index < -0.39 is 80.2 Å². The third-order valence-corrected chi connectivity index (χ3v) is 9.38. The molecule has 4 amide bonds. The predicted octanol–water partition coefficient (Wildman–Crippen LogP) is -2.12. The fourth-order valence-corrected chi connectivity index (χ4v) is 6.14. The molecule has 0 radical (unpaired) electrons. The summed E-state index contributed by atoms with van der Waals surface area (Å²) >= 11 is 0. The van der Waals surface area contributed by atoms with Crippen LogP contribution in [-0.2, 0) is 63.6 Å². The number of carboxylic acid groups (broad SMARTS) is 1. The normalized spacial score (nSPS) is 19.4. The van der Waals surface area contributed by atoms with Crippen LogP contribution in [0.4, 0.5) is 0 Å². The van der Waals surface area contributed by atoms with Crippen molar-refractivity contribution >= 4 is 29.6 Å². The van der Waals surface area contributed by atoms with Gasteiger partial charge in [-0.25, -0.2) is 4.79 Å². The van der Waals surface area contributed by atoms with E-state index in [0.717, 1.165) is 11.1 Å². The molecule has 21 heteroatoms. The molecule has 2 aromatic rings. The smallest absolute Gasteiger partial charge is 0.364 e. The van der Waals surface area contributed by atoms with Crippen molar-refractivity contribution in [3.63, 3.8) is 0 Å². The molecule has 0 saturated carbocycles. The van der Waals surface area contributed by atoms with Gasteiger partial charge in [-0.3, -0.25) is 19.2 Å². The van der Waals surface area contributed by atoms with Gasteiger partial charge in [0.2, 0.25) is 23.6 Å². The maximum atomic E-state index is 12.7. The van der Waals surface area contributed by atoms with Crippen LogP contribution in [0.15, 0.2) is 54.6 Å². The molecule has 9 N–H and O–H groups in total. The Morgan fingerprint density at radius 3 is 1.86 bits per heavy atom. The quantitative estimate of drug-likeness (QED) is 0.0355. The summed E-state index contributed by atoms with van der Waals surface area (Å²) in [6.07, 6.45) is -8.09. The molecule has 0 bridgehead atoms. The van der Waals surface area contributed by atoms with E-state index in [9.17, 15) is 49.5 Å². The Labute approximate surface area is 365 Å². The van der Waals surface area contributed by atoms with Gasteiger partial charge in [-0.2, -0.15) is 0 Å². The van der Waals surface area contributed by atoms with Crippen LogP contribution in [-0.4, -0.2) is 190 Å². The first-order valence-electron chi connectivity index (χ1n) is 20.7. The Kier molecular flexibility index (Phi) is 24.8. The van der Waals surface area contributed by atoms with Crippen LogP contribution < -0.4 is 21.3 Å². The molecule has 3 rings (SSSR count). The third kappa shape index (κ3) is 20.2. The van der Waals surface area contributed by atoms with E-state index in [4.69, 9.17) is 33.2 Å². The maximum absolute atomic E-state index is 12.7. The Morgan fingerprint density at radius 1 is 0.714 bits per heavy atom. The molecule has 0 unspecified atom stereocenters. The van der Waals surface area contributed by atoms with E-state index in [1.807, 2.05) is 42.5 Å². The minimum Gasteiger partial charge on any atom is -0.477 e. The van der Waals surface area contributed by atoms with E-state index in [0.29, 0.717) is 58.4 Å². The molecule has 0 spiro atoms. The second-order valence-corrected chi connectivity index (χ2v) is 14.3. The largest absolute Gasteiger partial charge is 0.477 e. The van der Waals surface area contributed by atoms with Crippen molar-refractivity contribution in [2.45, 2.75) is 62.4 Å². The Bertz CT molecular complexity index is 1660. The number of nitrogens with one attached hydrogen (secondary N) is 4. The zero-order chi connectivity index (χ0) is 45.9. The van der Waals surface area contributed by atoms with Crippen LogP contribution in [0.25, 0.3) is 11.1 Å². The van der Waals surface area contributed by atoms with Crippen LogP contribution >= 0.6 is 0 Å². The lowest BCUT2D eigenvalue weighted by molar-refractivity contribution is -0.312. The number of carboxylic acids is 1. The predicted molar refractivity (Wildman–Crippen MR) is 222 cm³/mol. The van der Waals surface area contributed by atoms with Crippen molar-refractivity contribution in [3.8, 4) is 11.1 Å². The second-order valence-electron chi connectivity index (χ2n) is 14.3. The molecule has 0 aromatic heterocycles. The molecular weight excluding hydrogens is 832 g/mol. The highest BCUT2D eigenvalue weighted by Gasteiger charge is 2.55. The Hall–Kier alpha value is -4.65. The molecule has 1 aliphatic heterocycles. The standard InChI is InChI=1S/C42H62N4O17/c1-29(48)43-12-15-58-17-19-60-21-22-61-20-18-59-16-13-44-35(51)11-14-57-23-24-62-42(41(55)56)26-33(49)38(46-37(53)28-47)40(63-42)39(54)34(50)27-45-36(52)25-30-7-9-32(10-8-30)31-5-3-2-4-6-31/h2-10,33-34,38-40,47,49-50,54H,11-28H2,1H3,(H,43,48)(H,44,51)(H,45,52)(H,46,53)(H,55,56)/t33-,34+,38+,39+,40+,42+/m0/s1. The minimum atomic E-state index is -2.58.